The van der Waals surface area contributed by atoms with Gasteiger partial charge in [-0.25, -0.2) is 4.98 Å². The monoisotopic (exact) mass is 239 g/mol. The number of hydrogen-bond donors (Lipinski definition) is 1. The Hall–Kier alpha value is -0.450. The molecule has 0 atom stereocenters. The van der Waals surface area contributed by atoms with E-state index in [9.17, 15) is 0 Å². The summed E-state index contributed by atoms with van der Waals surface area (Å²) in [6.45, 7) is 7.30. The largest absolute Gasteiger partial charge is 0.325 e. The highest BCUT2D eigenvalue weighted by atomic mass is 32.1. The molecule has 0 unspecified atom stereocenters. The van der Waals surface area contributed by atoms with E-state index in [0.717, 1.165) is 17.5 Å². The molecule has 90 valence electrons. The molecular formula is C12H21N3S. The van der Waals surface area contributed by atoms with Gasteiger partial charge in [-0.3, -0.25) is 4.90 Å². The summed E-state index contributed by atoms with van der Waals surface area (Å²) in [5.41, 5.74) is 6.76. The molecule has 1 aromatic heterocycles. The van der Waals surface area contributed by atoms with E-state index >= 15 is 0 Å². The van der Waals surface area contributed by atoms with Crippen LogP contribution in [0.4, 0.5) is 0 Å². The van der Waals surface area contributed by atoms with E-state index in [0.29, 0.717) is 12.6 Å². The number of thiazole rings is 1. The molecule has 1 aliphatic rings. The first-order chi connectivity index (χ1) is 7.69. The Morgan fingerprint density at radius 3 is 2.81 bits per heavy atom. The van der Waals surface area contributed by atoms with Crippen LogP contribution in [0.3, 0.4) is 0 Å². The average molecular weight is 239 g/mol. The minimum atomic E-state index is 0.564. The second-order valence-corrected chi connectivity index (χ2v) is 5.85. The summed E-state index contributed by atoms with van der Waals surface area (Å²) in [7, 11) is 0. The molecule has 1 aliphatic carbocycles. The maximum atomic E-state index is 5.58. The summed E-state index contributed by atoms with van der Waals surface area (Å²) in [4.78, 5) is 7.05. The third kappa shape index (κ3) is 3.27. The first kappa shape index (κ1) is 12.0. The molecule has 0 amide bonds. The lowest BCUT2D eigenvalue weighted by atomic mass is 10.2. The zero-order valence-electron chi connectivity index (χ0n) is 10.1. The van der Waals surface area contributed by atoms with Crippen LogP contribution in [0.2, 0.25) is 0 Å². The van der Waals surface area contributed by atoms with Crippen molar-refractivity contribution in [3.05, 3.63) is 16.1 Å². The van der Waals surface area contributed by atoms with Gasteiger partial charge in [0.05, 0.1) is 5.69 Å². The van der Waals surface area contributed by atoms with Crippen LogP contribution >= 0.6 is 11.3 Å². The van der Waals surface area contributed by atoms with Crippen LogP contribution in [0.15, 0.2) is 5.38 Å². The number of nitrogens with zero attached hydrogens (tertiary/aromatic N) is 2. The molecule has 0 aromatic carbocycles. The van der Waals surface area contributed by atoms with Gasteiger partial charge in [-0.1, -0.05) is 0 Å². The van der Waals surface area contributed by atoms with Crippen LogP contribution in [0.5, 0.6) is 0 Å². The molecule has 0 spiro atoms. The SMILES string of the molecule is CC(C)N(Cc1csc(CN)n1)CC1CC1. The molecule has 0 radical (unpaired) electrons. The van der Waals surface area contributed by atoms with Crippen LogP contribution in [-0.4, -0.2) is 22.5 Å². The molecule has 2 rings (SSSR count). The van der Waals surface area contributed by atoms with Crippen LogP contribution in [0.25, 0.3) is 0 Å². The van der Waals surface area contributed by atoms with Gasteiger partial charge in [0.15, 0.2) is 0 Å². The van der Waals surface area contributed by atoms with Crippen molar-refractivity contribution >= 4 is 11.3 Å². The second kappa shape index (κ2) is 5.25. The Labute approximate surface area is 102 Å². The molecule has 16 heavy (non-hydrogen) atoms. The normalized spacial score (nSPS) is 16.3. The lowest BCUT2D eigenvalue weighted by Crippen LogP contribution is -2.32. The lowest BCUT2D eigenvalue weighted by Gasteiger charge is -2.25. The Morgan fingerprint density at radius 2 is 2.31 bits per heavy atom. The summed E-state index contributed by atoms with van der Waals surface area (Å²) in [6, 6.07) is 0.601. The van der Waals surface area contributed by atoms with Gasteiger partial charge in [-0.05, 0) is 32.6 Å². The second-order valence-electron chi connectivity index (χ2n) is 4.90. The maximum absolute atomic E-state index is 5.58. The van der Waals surface area contributed by atoms with Crippen LogP contribution in [0, 0.1) is 5.92 Å². The minimum Gasteiger partial charge on any atom is -0.325 e. The third-order valence-electron chi connectivity index (χ3n) is 3.06. The zero-order chi connectivity index (χ0) is 11.5. The highest BCUT2D eigenvalue weighted by Crippen LogP contribution is 2.30. The van der Waals surface area contributed by atoms with Crippen LogP contribution in [0.1, 0.15) is 37.4 Å². The van der Waals surface area contributed by atoms with Crippen LogP contribution < -0.4 is 5.73 Å². The van der Waals surface area contributed by atoms with E-state index in [-0.39, 0.29) is 0 Å². The molecule has 2 N–H and O–H groups in total. The fraction of sp³-hybridized carbons (Fsp3) is 0.750. The van der Waals surface area contributed by atoms with Gasteiger partial charge < -0.3 is 5.73 Å². The van der Waals surface area contributed by atoms with E-state index in [4.69, 9.17) is 5.73 Å². The molecule has 4 heteroatoms. The summed E-state index contributed by atoms with van der Waals surface area (Å²) in [6.07, 6.45) is 2.82. The Morgan fingerprint density at radius 1 is 1.56 bits per heavy atom. The van der Waals surface area contributed by atoms with E-state index in [1.807, 2.05) is 0 Å². The maximum Gasteiger partial charge on any atom is 0.106 e. The van der Waals surface area contributed by atoms with Crippen molar-refractivity contribution in [3.63, 3.8) is 0 Å². The molecule has 3 nitrogen and oxygen atoms in total. The number of aromatic nitrogens is 1. The molecule has 0 aliphatic heterocycles. The van der Waals surface area contributed by atoms with E-state index in [1.54, 1.807) is 11.3 Å². The van der Waals surface area contributed by atoms with Gasteiger partial charge in [0.1, 0.15) is 5.01 Å². The Bertz CT molecular complexity index is 331. The molecule has 0 saturated heterocycles. The number of rotatable bonds is 6. The summed E-state index contributed by atoms with van der Waals surface area (Å²) in [5.74, 6) is 0.940. The molecule has 1 fully saturated rings. The van der Waals surface area contributed by atoms with Crippen molar-refractivity contribution in [3.8, 4) is 0 Å². The van der Waals surface area contributed by atoms with E-state index < -0.39 is 0 Å². The van der Waals surface area contributed by atoms with Crippen molar-refractivity contribution in [1.82, 2.24) is 9.88 Å². The van der Waals surface area contributed by atoms with Crippen molar-refractivity contribution in [2.75, 3.05) is 6.54 Å². The fourth-order valence-corrected chi connectivity index (χ4v) is 2.48. The lowest BCUT2D eigenvalue weighted by molar-refractivity contribution is 0.201. The van der Waals surface area contributed by atoms with E-state index in [1.165, 1.54) is 25.1 Å². The quantitative estimate of drug-likeness (QED) is 0.827. The van der Waals surface area contributed by atoms with Crippen molar-refractivity contribution in [1.29, 1.82) is 0 Å². The highest BCUT2D eigenvalue weighted by molar-refractivity contribution is 7.09. The van der Waals surface area contributed by atoms with Crippen molar-refractivity contribution in [2.24, 2.45) is 11.7 Å². The fourth-order valence-electron chi connectivity index (χ4n) is 1.81. The first-order valence-corrected chi connectivity index (χ1v) is 6.94. The predicted octanol–water partition coefficient (Wildman–Crippen LogP) is 2.22. The topological polar surface area (TPSA) is 42.1 Å². The van der Waals surface area contributed by atoms with Gasteiger partial charge >= 0.3 is 0 Å². The predicted molar refractivity (Wildman–Crippen MR) is 68.3 cm³/mol. The molecular weight excluding hydrogens is 218 g/mol. The van der Waals surface area contributed by atoms with Crippen molar-refractivity contribution < 1.29 is 0 Å². The molecule has 0 bridgehead atoms. The zero-order valence-corrected chi connectivity index (χ0v) is 11.0. The van der Waals surface area contributed by atoms with E-state index in [2.05, 4.69) is 29.1 Å². The summed E-state index contributed by atoms with van der Waals surface area (Å²) >= 11 is 1.67. The van der Waals surface area contributed by atoms with Gasteiger partial charge in [0.2, 0.25) is 0 Å². The molecule has 1 saturated carbocycles. The highest BCUT2D eigenvalue weighted by Gasteiger charge is 2.25. The number of nitrogens with two attached hydrogens (primary N) is 1. The van der Waals surface area contributed by atoms with Gasteiger partial charge in [-0.15, -0.1) is 11.3 Å². The Balaban J connectivity index is 1.92. The molecule has 1 aromatic rings. The van der Waals surface area contributed by atoms with Gasteiger partial charge in [-0.2, -0.15) is 0 Å². The van der Waals surface area contributed by atoms with Gasteiger partial charge in [0, 0.05) is 31.1 Å². The number of hydrogen-bond acceptors (Lipinski definition) is 4. The smallest absolute Gasteiger partial charge is 0.106 e. The summed E-state index contributed by atoms with van der Waals surface area (Å²) < 4.78 is 0. The third-order valence-corrected chi connectivity index (χ3v) is 3.98. The summed E-state index contributed by atoms with van der Waals surface area (Å²) in [5, 5.41) is 3.19. The Kier molecular flexibility index (Phi) is 3.95. The minimum absolute atomic E-state index is 0.564. The van der Waals surface area contributed by atoms with Crippen molar-refractivity contribution in [2.45, 2.75) is 45.8 Å². The first-order valence-electron chi connectivity index (χ1n) is 6.06. The molecule has 1 heterocycles. The standard InChI is InChI=1S/C12H21N3S/c1-9(2)15(6-10-3-4-10)7-11-8-16-12(5-13)14-11/h8-10H,3-7,13H2,1-2H3. The van der Waals surface area contributed by atoms with Crippen LogP contribution in [-0.2, 0) is 13.1 Å². The van der Waals surface area contributed by atoms with Gasteiger partial charge in [0.25, 0.3) is 0 Å². The average Bonchev–Trinajstić information content (AvgIpc) is 2.95.